The highest BCUT2D eigenvalue weighted by Crippen LogP contribution is 2.23. The third-order valence-corrected chi connectivity index (χ3v) is 4.38. The third-order valence-electron chi connectivity index (χ3n) is 4.04. The van der Waals surface area contributed by atoms with Crippen LogP contribution in [0.1, 0.15) is 11.1 Å². The summed E-state index contributed by atoms with van der Waals surface area (Å²) in [7, 11) is 3.08. The highest BCUT2D eigenvalue weighted by molar-refractivity contribution is 6.33. The average Bonchev–Trinajstić information content (AvgIpc) is 2.72. The molecular weight excluding hydrogens is 378 g/mol. The molecule has 2 aromatic carbocycles. The Bertz CT molecular complexity index is 1130. The lowest BCUT2D eigenvalue weighted by atomic mass is 10.1. The van der Waals surface area contributed by atoms with Gasteiger partial charge in [-0.15, -0.1) is 0 Å². The van der Waals surface area contributed by atoms with Gasteiger partial charge in [0.25, 0.3) is 5.56 Å². The molecule has 7 nitrogen and oxygen atoms in total. The zero-order valence-electron chi connectivity index (χ0n) is 15.2. The number of nitriles is 1. The van der Waals surface area contributed by atoms with Crippen molar-refractivity contribution in [2.24, 2.45) is 12.1 Å². The summed E-state index contributed by atoms with van der Waals surface area (Å²) < 4.78 is 6.37. The fraction of sp³-hybridized carbons (Fsp3) is 0.100. The monoisotopic (exact) mass is 393 g/mol. The zero-order valence-corrected chi connectivity index (χ0v) is 15.9. The first-order valence-electron chi connectivity index (χ1n) is 8.24. The van der Waals surface area contributed by atoms with E-state index in [0.717, 1.165) is 0 Å². The van der Waals surface area contributed by atoms with Gasteiger partial charge in [-0.05, 0) is 30.3 Å². The van der Waals surface area contributed by atoms with Crippen molar-refractivity contribution in [2.75, 3.05) is 12.5 Å². The van der Waals surface area contributed by atoms with Crippen LogP contribution in [-0.2, 0) is 7.05 Å². The number of benzene rings is 2. The molecule has 3 aromatic rings. The van der Waals surface area contributed by atoms with E-state index < -0.39 is 5.56 Å². The van der Waals surface area contributed by atoms with Crippen LogP contribution in [0.15, 0.2) is 58.4 Å². The Balaban J connectivity index is 2.00. The van der Waals surface area contributed by atoms with E-state index in [0.29, 0.717) is 21.9 Å². The van der Waals surface area contributed by atoms with Crippen LogP contribution >= 0.6 is 11.6 Å². The number of ether oxygens (including phenoxy) is 1. The molecule has 0 atom stereocenters. The van der Waals surface area contributed by atoms with Gasteiger partial charge in [0.1, 0.15) is 17.4 Å². The van der Waals surface area contributed by atoms with Gasteiger partial charge >= 0.3 is 0 Å². The van der Waals surface area contributed by atoms with E-state index in [1.807, 2.05) is 24.3 Å². The standard InChI is InChI=1S/C20H16ClN5O2/c1-26-19(27)16(11-22)18(13-7-9-15(28-2)10-8-13)24-20(26)25-23-12-14-5-3-4-6-17(14)21/h3-10,12H,1-2H3,(H,24,25)/b23-12+. The molecule has 0 spiro atoms. The number of rotatable bonds is 5. The van der Waals surface area contributed by atoms with Crippen LogP contribution in [0.25, 0.3) is 11.3 Å². The molecule has 0 amide bonds. The highest BCUT2D eigenvalue weighted by atomic mass is 35.5. The maximum Gasteiger partial charge on any atom is 0.273 e. The first kappa shape index (κ1) is 19.1. The van der Waals surface area contributed by atoms with Crippen molar-refractivity contribution < 1.29 is 4.74 Å². The number of hydrazone groups is 1. The van der Waals surface area contributed by atoms with Gasteiger partial charge in [0.15, 0.2) is 0 Å². The Kier molecular flexibility index (Phi) is 5.72. The Morgan fingerprint density at radius 2 is 1.96 bits per heavy atom. The number of aromatic nitrogens is 2. The molecule has 0 unspecified atom stereocenters. The molecule has 0 saturated carbocycles. The first-order valence-corrected chi connectivity index (χ1v) is 8.62. The lowest BCUT2D eigenvalue weighted by Gasteiger charge is -2.11. The largest absolute Gasteiger partial charge is 0.497 e. The van der Waals surface area contributed by atoms with Crippen LogP contribution < -0.4 is 15.7 Å². The molecule has 1 heterocycles. The molecular formula is C20H16ClN5O2. The maximum atomic E-state index is 12.6. The van der Waals surface area contributed by atoms with Crippen molar-refractivity contribution in [2.45, 2.75) is 0 Å². The van der Waals surface area contributed by atoms with E-state index in [4.69, 9.17) is 16.3 Å². The minimum Gasteiger partial charge on any atom is -0.497 e. The van der Waals surface area contributed by atoms with E-state index in [9.17, 15) is 10.1 Å². The minimum atomic E-state index is -0.473. The Morgan fingerprint density at radius 1 is 1.25 bits per heavy atom. The van der Waals surface area contributed by atoms with Gasteiger partial charge in [-0.1, -0.05) is 29.8 Å². The molecule has 0 fully saturated rings. The second kappa shape index (κ2) is 8.37. The Hall–Kier alpha value is -3.63. The summed E-state index contributed by atoms with van der Waals surface area (Å²) in [6, 6.07) is 16.1. The van der Waals surface area contributed by atoms with Gasteiger partial charge in [0.05, 0.1) is 19.0 Å². The number of nitrogens with one attached hydrogen (secondary N) is 1. The molecule has 1 aromatic heterocycles. The number of methoxy groups -OCH3 is 1. The number of anilines is 1. The van der Waals surface area contributed by atoms with E-state index >= 15 is 0 Å². The summed E-state index contributed by atoms with van der Waals surface area (Å²) in [6.45, 7) is 0. The topological polar surface area (TPSA) is 92.3 Å². The molecule has 1 N–H and O–H groups in total. The van der Waals surface area contributed by atoms with E-state index in [1.165, 1.54) is 17.8 Å². The van der Waals surface area contributed by atoms with Crippen LogP contribution in [0.3, 0.4) is 0 Å². The molecule has 0 aliphatic rings. The van der Waals surface area contributed by atoms with Crippen molar-refractivity contribution in [3.63, 3.8) is 0 Å². The Labute approximate surface area is 166 Å². The molecule has 0 radical (unpaired) electrons. The quantitative estimate of drug-likeness (QED) is 0.529. The summed E-state index contributed by atoms with van der Waals surface area (Å²) in [5.74, 6) is 0.854. The van der Waals surface area contributed by atoms with Gasteiger partial charge in [0.2, 0.25) is 5.95 Å². The zero-order chi connectivity index (χ0) is 20.1. The van der Waals surface area contributed by atoms with E-state index in [1.54, 1.807) is 37.4 Å². The molecule has 3 rings (SSSR count). The third kappa shape index (κ3) is 3.87. The lowest BCUT2D eigenvalue weighted by Crippen LogP contribution is -2.24. The fourth-order valence-electron chi connectivity index (χ4n) is 2.50. The summed E-state index contributed by atoms with van der Waals surface area (Å²) in [4.78, 5) is 17.0. The highest BCUT2D eigenvalue weighted by Gasteiger charge is 2.16. The lowest BCUT2D eigenvalue weighted by molar-refractivity contribution is 0.415. The summed E-state index contributed by atoms with van der Waals surface area (Å²) >= 11 is 6.10. The van der Waals surface area contributed by atoms with Crippen molar-refractivity contribution in [3.05, 3.63) is 75.0 Å². The van der Waals surface area contributed by atoms with Gasteiger partial charge in [-0.25, -0.2) is 10.4 Å². The van der Waals surface area contributed by atoms with Crippen LogP contribution in [0.4, 0.5) is 5.95 Å². The molecule has 0 saturated heterocycles. The van der Waals surface area contributed by atoms with Crippen molar-refractivity contribution in [1.82, 2.24) is 9.55 Å². The minimum absolute atomic E-state index is 0.0479. The normalized spacial score (nSPS) is 10.6. The second-order valence-electron chi connectivity index (χ2n) is 5.76. The number of halogens is 1. The van der Waals surface area contributed by atoms with Gasteiger partial charge in [-0.3, -0.25) is 9.36 Å². The van der Waals surface area contributed by atoms with Gasteiger partial charge in [0, 0.05) is 23.2 Å². The van der Waals surface area contributed by atoms with Crippen molar-refractivity contribution in [3.8, 4) is 23.1 Å². The molecule has 0 bridgehead atoms. The van der Waals surface area contributed by atoms with Crippen LogP contribution in [0.2, 0.25) is 5.02 Å². The smallest absolute Gasteiger partial charge is 0.273 e. The molecule has 8 heteroatoms. The average molecular weight is 394 g/mol. The van der Waals surface area contributed by atoms with E-state index in [-0.39, 0.29) is 17.2 Å². The molecule has 140 valence electrons. The number of hydrogen-bond acceptors (Lipinski definition) is 6. The Morgan fingerprint density at radius 3 is 2.61 bits per heavy atom. The van der Waals surface area contributed by atoms with Crippen LogP contribution in [0.5, 0.6) is 5.75 Å². The second-order valence-corrected chi connectivity index (χ2v) is 6.16. The summed E-state index contributed by atoms with van der Waals surface area (Å²) in [5, 5.41) is 14.1. The summed E-state index contributed by atoms with van der Waals surface area (Å²) in [6.07, 6.45) is 1.53. The number of hydrogen-bond donors (Lipinski definition) is 1. The maximum absolute atomic E-state index is 12.6. The number of nitrogens with zero attached hydrogens (tertiary/aromatic N) is 4. The molecule has 28 heavy (non-hydrogen) atoms. The molecule has 0 aliphatic carbocycles. The fourth-order valence-corrected chi connectivity index (χ4v) is 2.68. The van der Waals surface area contributed by atoms with Crippen LogP contribution in [-0.4, -0.2) is 22.9 Å². The first-order chi connectivity index (χ1) is 13.5. The van der Waals surface area contributed by atoms with Crippen molar-refractivity contribution >= 4 is 23.8 Å². The van der Waals surface area contributed by atoms with Crippen molar-refractivity contribution in [1.29, 1.82) is 5.26 Å². The predicted molar refractivity (Wildman–Crippen MR) is 109 cm³/mol. The van der Waals surface area contributed by atoms with Gasteiger partial charge < -0.3 is 4.74 Å². The predicted octanol–water partition coefficient (Wildman–Crippen LogP) is 3.43. The van der Waals surface area contributed by atoms with Gasteiger partial charge in [-0.2, -0.15) is 10.4 Å². The van der Waals surface area contributed by atoms with E-state index in [2.05, 4.69) is 15.5 Å². The molecule has 0 aliphatic heterocycles. The SMILES string of the molecule is COc1ccc(-c2nc(N/N=C/c3ccccc3Cl)n(C)c(=O)c2C#N)cc1. The van der Waals surface area contributed by atoms with Crippen LogP contribution in [0, 0.1) is 11.3 Å². The summed E-state index contributed by atoms with van der Waals surface area (Å²) in [5.41, 5.74) is 3.82.